The quantitative estimate of drug-likeness (QED) is 0.891. The van der Waals surface area contributed by atoms with Crippen molar-refractivity contribution < 1.29 is 0 Å². The molecule has 0 fully saturated rings. The fourth-order valence-electron chi connectivity index (χ4n) is 1.46. The number of aromatic amines is 1. The topological polar surface area (TPSA) is 37.8 Å². The molecule has 4 heteroatoms. The molecule has 78 valence electrons. The number of para-hydroxylation sites is 1. The Bertz CT molecular complexity index is 513. The Labute approximate surface area is 95.9 Å². The molecule has 2 rings (SSSR count). The Kier molecular flexibility index (Phi) is 2.77. The van der Waals surface area contributed by atoms with E-state index in [1.807, 2.05) is 37.3 Å². The van der Waals surface area contributed by atoms with Gasteiger partial charge in [-0.25, -0.2) is 4.68 Å². The van der Waals surface area contributed by atoms with E-state index in [4.69, 9.17) is 0 Å². The predicted octanol–water partition coefficient (Wildman–Crippen LogP) is 2.49. The molecule has 0 radical (unpaired) electrons. The molecule has 0 unspecified atom stereocenters. The molecule has 0 aliphatic carbocycles. The van der Waals surface area contributed by atoms with E-state index in [1.54, 1.807) is 4.68 Å². The SMILES string of the molecule is CCc1[nH]n(-c2ccccc2)c(=O)c1Br. The number of rotatable bonds is 2. The van der Waals surface area contributed by atoms with Gasteiger partial charge < -0.3 is 0 Å². The number of aryl methyl sites for hydroxylation is 1. The van der Waals surface area contributed by atoms with Crippen LogP contribution in [-0.4, -0.2) is 9.78 Å². The minimum atomic E-state index is -0.0435. The first kappa shape index (κ1) is 10.2. The van der Waals surface area contributed by atoms with Crippen molar-refractivity contribution in [1.29, 1.82) is 0 Å². The molecule has 1 aromatic carbocycles. The largest absolute Gasteiger partial charge is 0.294 e. The van der Waals surface area contributed by atoms with Gasteiger partial charge in [-0.1, -0.05) is 25.1 Å². The number of hydrogen-bond donors (Lipinski definition) is 1. The fourth-order valence-corrected chi connectivity index (χ4v) is 2.00. The smallest absolute Gasteiger partial charge is 0.285 e. The van der Waals surface area contributed by atoms with E-state index in [-0.39, 0.29) is 5.56 Å². The van der Waals surface area contributed by atoms with Crippen molar-refractivity contribution in [3.63, 3.8) is 0 Å². The lowest BCUT2D eigenvalue weighted by molar-refractivity contribution is 0.819. The van der Waals surface area contributed by atoms with Crippen LogP contribution in [0.4, 0.5) is 0 Å². The minimum Gasteiger partial charge on any atom is -0.294 e. The molecule has 0 saturated carbocycles. The zero-order valence-corrected chi connectivity index (χ0v) is 9.91. The second kappa shape index (κ2) is 4.06. The third kappa shape index (κ3) is 1.77. The summed E-state index contributed by atoms with van der Waals surface area (Å²) >= 11 is 3.29. The van der Waals surface area contributed by atoms with Crippen molar-refractivity contribution in [1.82, 2.24) is 9.78 Å². The van der Waals surface area contributed by atoms with Crippen LogP contribution in [0.25, 0.3) is 5.69 Å². The minimum absolute atomic E-state index is 0.0435. The van der Waals surface area contributed by atoms with Crippen LogP contribution in [-0.2, 0) is 6.42 Å². The maximum atomic E-state index is 11.8. The van der Waals surface area contributed by atoms with Crippen LogP contribution in [0.2, 0.25) is 0 Å². The highest BCUT2D eigenvalue weighted by Crippen LogP contribution is 2.12. The zero-order valence-electron chi connectivity index (χ0n) is 8.33. The van der Waals surface area contributed by atoms with E-state index in [0.29, 0.717) is 4.47 Å². The van der Waals surface area contributed by atoms with Crippen molar-refractivity contribution in [2.45, 2.75) is 13.3 Å². The lowest BCUT2D eigenvalue weighted by Gasteiger charge is -1.99. The van der Waals surface area contributed by atoms with Gasteiger partial charge in [0.05, 0.1) is 11.4 Å². The summed E-state index contributed by atoms with van der Waals surface area (Å²) in [5.74, 6) is 0. The van der Waals surface area contributed by atoms with Crippen molar-refractivity contribution in [3.05, 3.63) is 50.9 Å². The molecule has 2 aromatic rings. The van der Waals surface area contributed by atoms with Gasteiger partial charge in [-0.2, -0.15) is 0 Å². The Morgan fingerprint density at radius 3 is 2.53 bits per heavy atom. The van der Waals surface area contributed by atoms with Crippen molar-refractivity contribution in [2.24, 2.45) is 0 Å². The summed E-state index contributed by atoms with van der Waals surface area (Å²) in [6, 6.07) is 9.52. The summed E-state index contributed by atoms with van der Waals surface area (Å²) in [6.45, 7) is 2.01. The summed E-state index contributed by atoms with van der Waals surface area (Å²) < 4.78 is 2.16. The van der Waals surface area contributed by atoms with Gasteiger partial charge in [0.25, 0.3) is 5.56 Å². The van der Waals surface area contributed by atoms with Crippen molar-refractivity contribution in [3.8, 4) is 5.69 Å². The average Bonchev–Trinajstić information content (AvgIpc) is 2.57. The second-order valence-electron chi connectivity index (χ2n) is 3.23. The fraction of sp³-hybridized carbons (Fsp3) is 0.182. The summed E-state index contributed by atoms with van der Waals surface area (Å²) in [6.07, 6.45) is 0.801. The molecule has 0 saturated heterocycles. The third-order valence-electron chi connectivity index (χ3n) is 2.27. The highest BCUT2D eigenvalue weighted by molar-refractivity contribution is 9.10. The zero-order chi connectivity index (χ0) is 10.8. The number of H-pyrrole nitrogens is 1. The van der Waals surface area contributed by atoms with Gasteiger partial charge in [0, 0.05) is 0 Å². The lowest BCUT2D eigenvalue weighted by Crippen LogP contribution is -2.14. The maximum absolute atomic E-state index is 11.8. The van der Waals surface area contributed by atoms with Crippen molar-refractivity contribution >= 4 is 15.9 Å². The van der Waals surface area contributed by atoms with Gasteiger partial charge in [-0.05, 0) is 34.5 Å². The van der Waals surface area contributed by atoms with Crippen molar-refractivity contribution in [2.75, 3.05) is 0 Å². The van der Waals surface area contributed by atoms with Gasteiger partial charge in [0.15, 0.2) is 0 Å². The first-order valence-electron chi connectivity index (χ1n) is 4.79. The lowest BCUT2D eigenvalue weighted by atomic mass is 10.3. The summed E-state index contributed by atoms with van der Waals surface area (Å²) in [5, 5.41) is 3.07. The highest BCUT2D eigenvalue weighted by Gasteiger charge is 2.10. The number of hydrogen-bond acceptors (Lipinski definition) is 1. The standard InChI is InChI=1S/C11H11BrN2O/c1-2-9-10(12)11(15)14(13-9)8-6-4-3-5-7-8/h3-7,13H,2H2,1H3. The van der Waals surface area contributed by atoms with Gasteiger partial charge in [-0.3, -0.25) is 9.89 Å². The average molecular weight is 267 g/mol. The van der Waals surface area contributed by atoms with Crippen LogP contribution >= 0.6 is 15.9 Å². The van der Waals surface area contributed by atoms with Gasteiger partial charge >= 0.3 is 0 Å². The molecule has 1 heterocycles. The molecule has 1 N–H and O–H groups in total. The molecule has 1 aromatic heterocycles. The highest BCUT2D eigenvalue weighted by atomic mass is 79.9. The molecular formula is C11H11BrN2O. The van der Waals surface area contributed by atoms with Crippen LogP contribution in [0.1, 0.15) is 12.6 Å². The van der Waals surface area contributed by atoms with Crippen LogP contribution in [0, 0.1) is 0 Å². The van der Waals surface area contributed by atoms with Crippen LogP contribution in [0.15, 0.2) is 39.6 Å². The summed E-state index contributed by atoms with van der Waals surface area (Å²) in [7, 11) is 0. The first-order chi connectivity index (χ1) is 7.24. The number of aromatic nitrogens is 2. The van der Waals surface area contributed by atoms with Gasteiger partial charge in [0.2, 0.25) is 0 Å². The number of halogens is 1. The normalized spacial score (nSPS) is 10.5. The Hall–Kier alpha value is -1.29. The molecule has 0 spiro atoms. The molecule has 0 bridgehead atoms. The molecule has 3 nitrogen and oxygen atoms in total. The molecular weight excluding hydrogens is 256 g/mol. The Morgan fingerprint density at radius 2 is 2.00 bits per heavy atom. The van der Waals surface area contributed by atoms with E-state index in [2.05, 4.69) is 21.0 Å². The molecule has 0 amide bonds. The Balaban J connectivity index is 2.60. The van der Waals surface area contributed by atoms with Gasteiger partial charge in [0.1, 0.15) is 4.47 Å². The maximum Gasteiger partial charge on any atom is 0.285 e. The monoisotopic (exact) mass is 266 g/mol. The number of nitrogens with zero attached hydrogens (tertiary/aromatic N) is 1. The van der Waals surface area contributed by atoms with E-state index >= 15 is 0 Å². The molecule has 0 aliphatic heterocycles. The predicted molar refractivity (Wildman–Crippen MR) is 63.5 cm³/mol. The van der Waals surface area contributed by atoms with E-state index in [1.165, 1.54) is 0 Å². The summed E-state index contributed by atoms with van der Waals surface area (Å²) in [5.41, 5.74) is 1.73. The molecule has 0 atom stereocenters. The Morgan fingerprint density at radius 1 is 1.33 bits per heavy atom. The second-order valence-corrected chi connectivity index (χ2v) is 4.03. The molecule has 0 aliphatic rings. The number of nitrogens with one attached hydrogen (secondary N) is 1. The van der Waals surface area contributed by atoms with Crippen LogP contribution in [0.5, 0.6) is 0 Å². The van der Waals surface area contributed by atoms with E-state index < -0.39 is 0 Å². The van der Waals surface area contributed by atoms with Gasteiger partial charge in [-0.15, -0.1) is 0 Å². The summed E-state index contributed by atoms with van der Waals surface area (Å²) in [4.78, 5) is 11.8. The first-order valence-corrected chi connectivity index (χ1v) is 5.58. The van der Waals surface area contributed by atoms with Crippen LogP contribution < -0.4 is 5.56 Å². The van der Waals surface area contributed by atoms with E-state index in [0.717, 1.165) is 17.8 Å². The third-order valence-corrected chi connectivity index (χ3v) is 3.09. The van der Waals surface area contributed by atoms with Crippen LogP contribution in [0.3, 0.4) is 0 Å². The molecule has 15 heavy (non-hydrogen) atoms. The number of benzene rings is 1. The van der Waals surface area contributed by atoms with E-state index in [9.17, 15) is 4.79 Å².